The molecule has 1 atom stereocenters. The normalized spacial score (nSPS) is 25.2. The highest BCUT2D eigenvalue weighted by molar-refractivity contribution is 5.57. The van der Waals surface area contributed by atoms with Gasteiger partial charge in [-0.15, -0.1) is 0 Å². The molecule has 0 saturated heterocycles. The number of anilines is 1. The number of hydrogen-bond acceptors (Lipinski definition) is 1. The van der Waals surface area contributed by atoms with Gasteiger partial charge in [0.05, 0.1) is 0 Å². The van der Waals surface area contributed by atoms with E-state index < -0.39 is 0 Å². The number of hydrogen-bond donors (Lipinski definition) is 1. The van der Waals surface area contributed by atoms with Crippen molar-refractivity contribution in [3.63, 3.8) is 0 Å². The number of halogens is 1. The maximum absolute atomic E-state index is 13.6. The van der Waals surface area contributed by atoms with Crippen LogP contribution < -0.4 is 5.32 Å². The van der Waals surface area contributed by atoms with Crippen LogP contribution in [0.4, 0.5) is 10.1 Å². The summed E-state index contributed by atoms with van der Waals surface area (Å²) in [4.78, 5) is 0. The van der Waals surface area contributed by atoms with Crippen molar-refractivity contribution in [2.45, 2.75) is 44.6 Å². The van der Waals surface area contributed by atoms with Gasteiger partial charge in [-0.2, -0.15) is 0 Å². The van der Waals surface area contributed by atoms with E-state index in [2.05, 4.69) is 5.32 Å². The fraction of sp³-hybridized carbons (Fsp3) is 0.571. The Balaban J connectivity index is 1.77. The van der Waals surface area contributed by atoms with Crippen molar-refractivity contribution < 1.29 is 4.39 Å². The van der Waals surface area contributed by atoms with E-state index in [1.165, 1.54) is 32.1 Å². The van der Waals surface area contributed by atoms with Gasteiger partial charge in [0.2, 0.25) is 0 Å². The van der Waals surface area contributed by atoms with Gasteiger partial charge in [-0.25, -0.2) is 4.39 Å². The van der Waals surface area contributed by atoms with E-state index in [-0.39, 0.29) is 5.82 Å². The molecule has 16 heavy (non-hydrogen) atoms. The molecule has 1 nitrogen and oxygen atoms in total. The summed E-state index contributed by atoms with van der Waals surface area (Å²) < 4.78 is 13.6. The second-order valence-electron chi connectivity index (χ2n) is 5.12. The average molecular weight is 219 g/mol. The van der Waals surface area contributed by atoms with E-state index in [1.54, 1.807) is 12.1 Å². The van der Waals surface area contributed by atoms with Gasteiger partial charge in [0.15, 0.2) is 0 Å². The summed E-state index contributed by atoms with van der Waals surface area (Å²) in [5.74, 6) is 0.712. The standard InChI is InChI=1S/C14H18FN/c15-12-7-4-8-13-11(12)9-14(16-13)10-5-2-1-3-6-10/h4,7-8,10,14,16H,1-3,5-6,9H2. The van der Waals surface area contributed by atoms with Crippen LogP contribution >= 0.6 is 0 Å². The fourth-order valence-electron chi connectivity index (χ4n) is 3.19. The molecule has 1 aromatic rings. The third kappa shape index (κ3) is 1.70. The highest BCUT2D eigenvalue weighted by Gasteiger charge is 2.30. The van der Waals surface area contributed by atoms with E-state index in [0.717, 1.165) is 23.6 Å². The SMILES string of the molecule is Fc1cccc2c1CC(C1CCCCC1)N2. The van der Waals surface area contributed by atoms with Crippen molar-refractivity contribution in [3.8, 4) is 0 Å². The van der Waals surface area contributed by atoms with Crippen LogP contribution in [0, 0.1) is 11.7 Å². The number of rotatable bonds is 1. The van der Waals surface area contributed by atoms with Crippen LogP contribution in [0.3, 0.4) is 0 Å². The second kappa shape index (κ2) is 4.08. The van der Waals surface area contributed by atoms with Crippen molar-refractivity contribution in [1.29, 1.82) is 0 Å². The lowest BCUT2D eigenvalue weighted by atomic mass is 9.83. The van der Waals surface area contributed by atoms with Crippen LogP contribution in [0.1, 0.15) is 37.7 Å². The second-order valence-corrected chi connectivity index (χ2v) is 5.12. The molecule has 1 unspecified atom stereocenters. The molecule has 1 aromatic carbocycles. The molecule has 86 valence electrons. The summed E-state index contributed by atoms with van der Waals surface area (Å²) in [5, 5.41) is 3.50. The van der Waals surface area contributed by atoms with Gasteiger partial charge in [-0.05, 0) is 37.3 Å². The lowest BCUT2D eigenvalue weighted by Crippen LogP contribution is -2.28. The summed E-state index contributed by atoms with van der Waals surface area (Å²) in [6.45, 7) is 0. The van der Waals surface area contributed by atoms with Crippen molar-refractivity contribution in [1.82, 2.24) is 0 Å². The quantitative estimate of drug-likeness (QED) is 0.758. The smallest absolute Gasteiger partial charge is 0.128 e. The van der Waals surface area contributed by atoms with Crippen molar-refractivity contribution >= 4 is 5.69 Å². The number of nitrogens with one attached hydrogen (secondary N) is 1. The van der Waals surface area contributed by atoms with Crippen LogP contribution in [-0.4, -0.2) is 6.04 Å². The van der Waals surface area contributed by atoms with E-state index in [1.807, 2.05) is 6.07 Å². The topological polar surface area (TPSA) is 12.0 Å². The Morgan fingerprint density at radius 2 is 1.94 bits per heavy atom. The van der Waals surface area contributed by atoms with Gasteiger partial charge in [0.25, 0.3) is 0 Å². The number of fused-ring (bicyclic) bond motifs is 1. The monoisotopic (exact) mass is 219 g/mol. The summed E-state index contributed by atoms with van der Waals surface area (Å²) in [7, 11) is 0. The van der Waals surface area contributed by atoms with Crippen molar-refractivity contribution in [2.75, 3.05) is 5.32 Å². The summed E-state index contributed by atoms with van der Waals surface area (Å²) in [5.41, 5.74) is 1.92. The Morgan fingerprint density at radius 1 is 1.12 bits per heavy atom. The first-order valence-corrected chi connectivity index (χ1v) is 6.38. The van der Waals surface area contributed by atoms with Crippen LogP contribution in [0.2, 0.25) is 0 Å². The molecule has 1 heterocycles. The molecular weight excluding hydrogens is 201 g/mol. The molecule has 1 aliphatic heterocycles. The van der Waals surface area contributed by atoms with E-state index in [4.69, 9.17) is 0 Å². The first-order chi connectivity index (χ1) is 7.84. The highest BCUT2D eigenvalue weighted by atomic mass is 19.1. The van der Waals surface area contributed by atoms with Crippen LogP contribution in [-0.2, 0) is 6.42 Å². The lowest BCUT2D eigenvalue weighted by Gasteiger charge is -2.27. The molecule has 2 aliphatic rings. The molecule has 0 amide bonds. The third-order valence-corrected chi connectivity index (χ3v) is 4.10. The van der Waals surface area contributed by atoms with Crippen molar-refractivity contribution in [3.05, 3.63) is 29.6 Å². The summed E-state index contributed by atoms with van der Waals surface area (Å²) in [6, 6.07) is 5.85. The first-order valence-electron chi connectivity index (χ1n) is 6.38. The largest absolute Gasteiger partial charge is 0.381 e. The predicted octanol–water partition coefficient (Wildman–Crippen LogP) is 3.74. The van der Waals surface area contributed by atoms with Gasteiger partial charge >= 0.3 is 0 Å². The van der Waals surface area contributed by atoms with E-state index in [0.29, 0.717) is 6.04 Å². The molecule has 0 aromatic heterocycles. The summed E-state index contributed by atoms with van der Waals surface area (Å²) in [6.07, 6.45) is 7.58. The van der Waals surface area contributed by atoms with Crippen LogP contribution in [0.25, 0.3) is 0 Å². The molecule has 1 saturated carbocycles. The van der Waals surface area contributed by atoms with Gasteiger partial charge in [-0.3, -0.25) is 0 Å². The van der Waals surface area contributed by atoms with Gasteiger partial charge < -0.3 is 5.32 Å². The Labute approximate surface area is 96.1 Å². The zero-order valence-corrected chi connectivity index (χ0v) is 9.51. The zero-order valence-electron chi connectivity index (χ0n) is 9.51. The Hall–Kier alpha value is -1.05. The molecular formula is C14H18FN. The van der Waals surface area contributed by atoms with Crippen molar-refractivity contribution in [2.24, 2.45) is 5.92 Å². The minimum atomic E-state index is -0.0386. The fourth-order valence-corrected chi connectivity index (χ4v) is 3.19. The molecule has 0 bridgehead atoms. The predicted molar refractivity (Wildman–Crippen MR) is 64.1 cm³/mol. The molecule has 1 N–H and O–H groups in total. The molecule has 2 heteroatoms. The Kier molecular flexibility index (Phi) is 2.58. The van der Waals surface area contributed by atoms with Crippen LogP contribution in [0.5, 0.6) is 0 Å². The van der Waals surface area contributed by atoms with E-state index in [9.17, 15) is 4.39 Å². The molecule has 0 radical (unpaired) electrons. The Morgan fingerprint density at radius 3 is 2.69 bits per heavy atom. The van der Waals surface area contributed by atoms with Gasteiger partial charge in [0, 0.05) is 17.3 Å². The molecule has 1 fully saturated rings. The van der Waals surface area contributed by atoms with Gasteiger partial charge in [0.1, 0.15) is 5.82 Å². The minimum absolute atomic E-state index is 0.0386. The molecule has 3 rings (SSSR count). The minimum Gasteiger partial charge on any atom is -0.381 e. The average Bonchev–Trinajstić information content (AvgIpc) is 2.76. The maximum Gasteiger partial charge on any atom is 0.128 e. The number of benzene rings is 1. The van der Waals surface area contributed by atoms with Crippen LogP contribution in [0.15, 0.2) is 18.2 Å². The third-order valence-electron chi connectivity index (χ3n) is 4.10. The molecule has 1 aliphatic carbocycles. The van der Waals surface area contributed by atoms with E-state index >= 15 is 0 Å². The highest BCUT2D eigenvalue weighted by Crippen LogP contribution is 2.36. The zero-order chi connectivity index (χ0) is 11.0. The summed E-state index contributed by atoms with van der Waals surface area (Å²) >= 11 is 0. The first kappa shape index (κ1) is 10.1. The maximum atomic E-state index is 13.6. The lowest BCUT2D eigenvalue weighted by molar-refractivity contribution is 0.320. The molecule has 0 spiro atoms. The van der Waals surface area contributed by atoms with Gasteiger partial charge in [-0.1, -0.05) is 25.3 Å². The Bertz CT molecular complexity index is 382.